The van der Waals surface area contributed by atoms with Crippen LogP contribution in [0.15, 0.2) is 23.1 Å². The van der Waals surface area contributed by atoms with Gasteiger partial charge in [0, 0.05) is 37.9 Å². The lowest BCUT2D eigenvalue weighted by atomic mass is 10.2. The number of nitro benzene ring substituents is 1. The first-order chi connectivity index (χ1) is 10.6. The van der Waals surface area contributed by atoms with Crippen molar-refractivity contribution in [3.05, 3.63) is 28.3 Å². The number of rotatable bonds is 8. The fourth-order valence-corrected chi connectivity index (χ4v) is 2.45. The van der Waals surface area contributed by atoms with Gasteiger partial charge in [-0.3, -0.25) is 14.9 Å². The number of sulfone groups is 1. The van der Waals surface area contributed by atoms with E-state index in [1.807, 2.05) is 0 Å². The molecule has 1 unspecified atom stereocenters. The van der Waals surface area contributed by atoms with E-state index >= 15 is 0 Å². The van der Waals surface area contributed by atoms with Crippen molar-refractivity contribution in [2.24, 2.45) is 5.73 Å². The molecule has 0 aliphatic heterocycles. The van der Waals surface area contributed by atoms with Crippen LogP contribution in [-0.4, -0.2) is 44.6 Å². The lowest BCUT2D eigenvalue weighted by Crippen LogP contribution is -2.33. The number of anilines is 1. The fourth-order valence-electron chi connectivity index (χ4n) is 1.81. The Hall–Kier alpha value is -1.91. The second kappa shape index (κ2) is 9.40. The van der Waals surface area contributed by atoms with Gasteiger partial charge in [0.1, 0.15) is 5.69 Å². The average Bonchev–Trinajstić information content (AvgIpc) is 2.41. The van der Waals surface area contributed by atoms with Crippen molar-refractivity contribution in [1.82, 2.24) is 5.32 Å². The molecule has 0 spiro atoms. The highest BCUT2D eigenvalue weighted by Crippen LogP contribution is 2.27. The van der Waals surface area contributed by atoms with E-state index < -0.39 is 14.8 Å². The van der Waals surface area contributed by atoms with E-state index in [0.717, 1.165) is 12.3 Å². The number of nitrogens with two attached hydrogens (primary N) is 1. The Kier molecular flexibility index (Phi) is 8.65. The minimum absolute atomic E-state index is 0. The number of nitrogens with zero attached hydrogens (tertiary/aromatic N) is 1. The summed E-state index contributed by atoms with van der Waals surface area (Å²) in [6, 6.07) is 3.39. The van der Waals surface area contributed by atoms with Gasteiger partial charge < -0.3 is 16.4 Å². The normalized spacial score (nSPS) is 12.0. The molecular formula is C13H21ClN4O5S. The highest BCUT2D eigenvalue weighted by atomic mass is 35.5. The van der Waals surface area contributed by atoms with Gasteiger partial charge in [-0.15, -0.1) is 12.4 Å². The van der Waals surface area contributed by atoms with Crippen LogP contribution in [0.3, 0.4) is 0 Å². The van der Waals surface area contributed by atoms with Crippen LogP contribution < -0.4 is 16.4 Å². The zero-order chi connectivity index (χ0) is 17.6. The van der Waals surface area contributed by atoms with E-state index in [0.29, 0.717) is 0 Å². The standard InChI is InChI=1S/C13H20N4O5S.ClH/c1-9(14)7-13(18)16-6-5-15-11-4-3-10(23(2,21)22)8-12(11)17(19)20;/h3-4,8-9,15H,5-7,14H2,1-2H3,(H,16,18);1H. The number of nitrogens with one attached hydrogen (secondary N) is 2. The summed E-state index contributed by atoms with van der Waals surface area (Å²) in [5, 5.41) is 16.5. The molecule has 1 rings (SSSR count). The van der Waals surface area contributed by atoms with Gasteiger partial charge in [0.05, 0.1) is 9.82 Å². The minimum Gasteiger partial charge on any atom is -0.378 e. The van der Waals surface area contributed by atoms with Gasteiger partial charge >= 0.3 is 0 Å². The first kappa shape index (κ1) is 22.1. The molecule has 1 atom stereocenters. The Balaban J connectivity index is 0.00000529. The molecule has 0 radical (unpaired) electrons. The van der Waals surface area contributed by atoms with Gasteiger partial charge in [-0.1, -0.05) is 0 Å². The van der Waals surface area contributed by atoms with Crippen LogP contribution in [0.5, 0.6) is 0 Å². The van der Waals surface area contributed by atoms with Crippen LogP contribution in [0.1, 0.15) is 13.3 Å². The summed E-state index contributed by atoms with van der Waals surface area (Å²) in [5.74, 6) is -0.205. The molecule has 0 aliphatic rings. The van der Waals surface area contributed by atoms with Crippen molar-refractivity contribution >= 4 is 39.5 Å². The molecule has 1 amide bonds. The van der Waals surface area contributed by atoms with E-state index in [9.17, 15) is 23.3 Å². The Morgan fingerprint density at radius 1 is 1.38 bits per heavy atom. The van der Waals surface area contributed by atoms with Crippen LogP contribution in [0, 0.1) is 10.1 Å². The maximum atomic E-state index is 11.4. The number of carbonyl (C=O) groups is 1. The Bertz CT molecular complexity index is 694. The van der Waals surface area contributed by atoms with Gasteiger partial charge in [-0.2, -0.15) is 0 Å². The summed E-state index contributed by atoms with van der Waals surface area (Å²) in [7, 11) is -3.52. The summed E-state index contributed by atoms with van der Waals surface area (Å²) >= 11 is 0. The molecule has 9 nitrogen and oxygen atoms in total. The average molecular weight is 381 g/mol. The topological polar surface area (TPSA) is 144 Å². The Morgan fingerprint density at radius 2 is 2.00 bits per heavy atom. The molecule has 0 heterocycles. The van der Waals surface area contributed by atoms with E-state index in [-0.39, 0.29) is 60.1 Å². The SMILES string of the molecule is CC(N)CC(=O)NCCNc1ccc(S(C)(=O)=O)cc1[N+](=O)[O-].Cl. The predicted molar refractivity (Wildman–Crippen MR) is 93.2 cm³/mol. The number of hydrogen-bond donors (Lipinski definition) is 3. The van der Waals surface area contributed by atoms with E-state index in [2.05, 4.69) is 10.6 Å². The van der Waals surface area contributed by atoms with Gasteiger partial charge in [0.15, 0.2) is 9.84 Å². The number of carbonyl (C=O) groups excluding carboxylic acids is 1. The van der Waals surface area contributed by atoms with Crippen LogP contribution >= 0.6 is 12.4 Å². The summed E-state index contributed by atoms with van der Waals surface area (Å²) in [6.45, 7) is 2.23. The maximum Gasteiger partial charge on any atom is 0.293 e. The van der Waals surface area contributed by atoms with Crippen molar-refractivity contribution in [1.29, 1.82) is 0 Å². The number of halogens is 1. The first-order valence-corrected chi connectivity index (χ1v) is 8.75. The third kappa shape index (κ3) is 7.11. The minimum atomic E-state index is -3.52. The summed E-state index contributed by atoms with van der Waals surface area (Å²) in [5.41, 5.74) is 5.34. The van der Waals surface area contributed by atoms with Crippen LogP contribution in [-0.2, 0) is 14.6 Å². The number of amides is 1. The monoisotopic (exact) mass is 380 g/mol. The summed E-state index contributed by atoms with van der Waals surface area (Å²) < 4.78 is 22.9. The molecule has 0 bridgehead atoms. The Labute approximate surface area is 146 Å². The molecule has 136 valence electrons. The number of hydrogen-bond acceptors (Lipinski definition) is 7. The van der Waals surface area contributed by atoms with Gasteiger partial charge in [0.2, 0.25) is 5.91 Å². The van der Waals surface area contributed by atoms with Crippen LogP contribution in [0.2, 0.25) is 0 Å². The molecule has 0 saturated heterocycles. The molecule has 0 saturated carbocycles. The summed E-state index contributed by atoms with van der Waals surface area (Å²) in [4.78, 5) is 21.7. The third-order valence-electron chi connectivity index (χ3n) is 2.86. The molecule has 1 aromatic rings. The quantitative estimate of drug-likeness (QED) is 0.341. The molecule has 1 aromatic carbocycles. The van der Waals surface area contributed by atoms with Crippen molar-refractivity contribution in [2.75, 3.05) is 24.7 Å². The zero-order valence-electron chi connectivity index (χ0n) is 13.3. The fraction of sp³-hybridized carbons (Fsp3) is 0.462. The molecule has 4 N–H and O–H groups in total. The Morgan fingerprint density at radius 3 is 2.50 bits per heavy atom. The molecule has 0 fully saturated rings. The highest BCUT2D eigenvalue weighted by Gasteiger charge is 2.18. The second-order valence-corrected chi connectivity index (χ2v) is 7.18. The van der Waals surface area contributed by atoms with Crippen molar-refractivity contribution in [3.63, 3.8) is 0 Å². The van der Waals surface area contributed by atoms with Gasteiger partial charge in [-0.25, -0.2) is 8.42 Å². The van der Waals surface area contributed by atoms with E-state index in [1.165, 1.54) is 12.1 Å². The molecule has 11 heteroatoms. The molecule has 0 aromatic heterocycles. The maximum absolute atomic E-state index is 11.4. The largest absolute Gasteiger partial charge is 0.378 e. The van der Waals surface area contributed by atoms with E-state index in [4.69, 9.17) is 5.73 Å². The molecular weight excluding hydrogens is 360 g/mol. The lowest BCUT2D eigenvalue weighted by molar-refractivity contribution is -0.384. The number of benzene rings is 1. The first-order valence-electron chi connectivity index (χ1n) is 6.86. The molecule has 0 aliphatic carbocycles. The zero-order valence-corrected chi connectivity index (χ0v) is 14.9. The number of nitro groups is 1. The molecule has 24 heavy (non-hydrogen) atoms. The smallest absolute Gasteiger partial charge is 0.293 e. The second-order valence-electron chi connectivity index (χ2n) is 5.17. The summed E-state index contributed by atoms with van der Waals surface area (Å²) in [6.07, 6.45) is 1.18. The van der Waals surface area contributed by atoms with Crippen molar-refractivity contribution in [3.8, 4) is 0 Å². The highest BCUT2D eigenvalue weighted by molar-refractivity contribution is 7.90. The van der Waals surface area contributed by atoms with Crippen molar-refractivity contribution < 1.29 is 18.1 Å². The van der Waals surface area contributed by atoms with Crippen LogP contribution in [0.4, 0.5) is 11.4 Å². The third-order valence-corrected chi connectivity index (χ3v) is 3.97. The lowest BCUT2D eigenvalue weighted by Gasteiger charge is -2.10. The van der Waals surface area contributed by atoms with E-state index in [1.54, 1.807) is 6.92 Å². The van der Waals surface area contributed by atoms with Gasteiger partial charge in [-0.05, 0) is 19.1 Å². The predicted octanol–water partition coefficient (Wildman–Crippen LogP) is 0.686. The van der Waals surface area contributed by atoms with Crippen molar-refractivity contribution in [2.45, 2.75) is 24.3 Å². The van der Waals surface area contributed by atoms with Gasteiger partial charge in [0.25, 0.3) is 5.69 Å². The van der Waals surface area contributed by atoms with Crippen LogP contribution in [0.25, 0.3) is 0 Å².